The molecule has 0 aliphatic carbocycles. The van der Waals surface area contributed by atoms with Gasteiger partial charge in [0.1, 0.15) is 0 Å². The monoisotopic (exact) mass is 438 g/mol. The van der Waals surface area contributed by atoms with Crippen LogP contribution >= 0.6 is 0 Å². The third kappa shape index (κ3) is 4.95. The van der Waals surface area contributed by atoms with E-state index in [4.69, 9.17) is 0 Å². The predicted octanol–water partition coefficient (Wildman–Crippen LogP) is 3.28. The van der Waals surface area contributed by atoms with Gasteiger partial charge in [-0.25, -0.2) is 17.8 Å². The van der Waals surface area contributed by atoms with Crippen LogP contribution in [0.4, 0.5) is 5.69 Å². The minimum atomic E-state index is -3.36. The Hall–Kier alpha value is -3.59. The summed E-state index contributed by atoms with van der Waals surface area (Å²) in [7, 11) is -3.36. The highest BCUT2D eigenvalue weighted by molar-refractivity contribution is 7.90. The highest BCUT2D eigenvalue weighted by Crippen LogP contribution is 2.23. The van der Waals surface area contributed by atoms with Crippen molar-refractivity contribution in [2.24, 2.45) is 10.1 Å². The van der Waals surface area contributed by atoms with Gasteiger partial charge in [-0.2, -0.15) is 5.10 Å². The third-order valence-electron chi connectivity index (χ3n) is 4.58. The van der Waals surface area contributed by atoms with Gasteiger partial charge in [-0.3, -0.25) is 14.6 Å². The number of hydrogen-bond donors (Lipinski definition) is 1. The van der Waals surface area contributed by atoms with Gasteiger partial charge in [0.05, 0.1) is 22.7 Å². The molecule has 31 heavy (non-hydrogen) atoms. The molecule has 1 amide bonds. The molecule has 2 aromatic carbocycles. The van der Waals surface area contributed by atoms with Crippen molar-refractivity contribution < 1.29 is 18.0 Å². The summed E-state index contributed by atoms with van der Waals surface area (Å²) in [6.45, 7) is 3.01. The molecule has 1 aromatic heterocycles. The minimum absolute atomic E-state index is 0.00394. The van der Waals surface area contributed by atoms with E-state index in [0.29, 0.717) is 29.2 Å². The molecular weight excluding hydrogens is 416 g/mol. The lowest BCUT2D eigenvalue weighted by Gasteiger charge is -2.11. The predicted molar refractivity (Wildman–Crippen MR) is 122 cm³/mol. The van der Waals surface area contributed by atoms with Gasteiger partial charge in [0.25, 0.3) is 0 Å². The first-order valence-electron chi connectivity index (χ1n) is 9.61. The number of rotatable bonds is 4. The molecule has 0 atom stereocenters. The summed E-state index contributed by atoms with van der Waals surface area (Å²) in [5, 5.41) is 4.71. The van der Waals surface area contributed by atoms with Gasteiger partial charge in [-0.1, -0.05) is 36.4 Å². The molecule has 1 aliphatic rings. The van der Waals surface area contributed by atoms with E-state index in [1.165, 1.54) is 17.1 Å². The van der Waals surface area contributed by atoms with Gasteiger partial charge in [0, 0.05) is 42.3 Å². The third-order valence-corrected chi connectivity index (χ3v) is 6.21. The molecule has 1 aliphatic heterocycles. The summed E-state index contributed by atoms with van der Waals surface area (Å²) in [6, 6.07) is 14.7. The highest BCUT2D eigenvalue weighted by Gasteiger charge is 2.16. The molecule has 8 nitrogen and oxygen atoms in total. The Bertz CT molecular complexity index is 1290. The lowest BCUT2D eigenvalue weighted by atomic mass is 10.0. The van der Waals surface area contributed by atoms with E-state index in [9.17, 15) is 18.0 Å². The number of carbonyl (C=O) groups excluding carboxylic acids is 2. The smallest absolute Gasteiger partial charge is 0.238 e. The Morgan fingerprint density at radius 3 is 2.61 bits per heavy atom. The number of hydrazone groups is 1. The molecule has 0 fully saturated rings. The van der Waals surface area contributed by atoms with Crippen molar-refractivity contribution in [3.63, 3.8) is 0 Å². The summed E-state index contributed by atoms with van der Waals surface area (Å²) >= 11 is 0. The van der Waals surface area contributed by atoms with Crippen LogP contribution in [-0.4, -0.2) is 42.3 Å². The Labute approximate surface area is 180 Å². The van der Waals surface area contributed by atoms with E-state index in [2.05, 4.69) is 15.5 Å². The van der Waals surface area contributed by atoms with Crippen LogP contribution in [0.15, 0.2) is 64.8 Å². The molecule has 0 radical (unpaired) electrons. The number of aromatic nitrogens is 1. The first kappa shape index (κ1) is 22.1. The molecule has 160 valence electrons. The maximum Gasteiger partial charge on any atom is 0.238 e. The second kappa shape index (κ2) is 9.48. The van der Waals surface area contributed by atoms with Gasteiger partial charge in [0.2, 0.25) is 15.9 Å². The quantitative estimate of drug-likeness (QED) is 0.498. The van der Waals surface area contributed by atoms with Gasteiger partial charge in [-0.05, 0) is 19.1 Å². The zero-order chi connectivity index (χ0) is 22.4. The number of carbonyl (C=O) groups is 2. The summed E-state index contributed by atoms with van der Waals surface area (Å²) in [4.78, 5) is 25.8. The van der Waals surface area contributed by atoms with Crippen LogP contribution in [0, 0.1) is 0 Å². The average molecular weight is 439 g/mol. The Kier molecular flexibility index (Phi) is 6.76. The lowest BCUT2D eigenvalue weighted by molar-refractivity contribution is -0.118. The molecule has 3 aromatic rings. The largest absolute Gasteiger partial charge is 0.298 e. The van der Waals surface area contributed by atoms with E-state index in [-0.39, 0.29) is 11.7 Å². The van der Waals surface area contributed by atoms with Crippen LogP contribution in [0.2, 0.25) is 0 Å². The number of fused-ring (bicyclic) bond motifs is 2. The number of nitrogens with zero attached hydrogens (tertiary/aromatic N) is 3. The topological polar surface area (TPSA) is 110 Å². The standard InChI is InChI=1S/C11H11N3O.C11H11NO3S/c1-8(15)13-14-11-6-7-12-10-5-3-2-4-9(10)11;1-2-16(14,15)12-7-9(8-13)10-5-3-4-6-11(10)12/h2-5,7H,6H2,1H3,(H,13,15);3-8H,2H2,1H3. The number of para-hydroxylation sites is 2. The van der Waals surface area contributed by atoms with Gasteiger partial charge >= 0.3 is 0 Å². The summed E-state index contributed by atoms with van der Waals surface area (Å²) in [6.07, 6.45) is 4.49. The molecule has 0 saturated carbocycles. The second-order valence-corrected chi connectivity index (χ2v) is 8.81. The first-order valence-corrected chi connectivity index (χ1v) is 11.2. The number of amides is 1. The zero-order valence-electron chi connectivity index (χ0n) is 17.1. The summed E-state index contributed by atoms with van der Waals surface area (Å²) < 4.78 is 24.8. The van der Waals surface area contributed by atoms with E-state index in [1.807, 2.05) is 24.3 Å². The Morgan fingerprint density at radius 1 is 1.19 bits per heavy atom. The SMILES string of the molecule is CC(=O)NN=C1CC=Nc2ccccc21.CCS(=O)(=O)n1cc(C=O)c2ccccc21. The fourth-order valence-corrected chi connectivity index (χ4v) is 4.07. The van der Waals surface area contributed by atoms with E-state index in [1.54, 1.807) is 37.4 Å². The zero-order valence-corrected chi connectivity index (χ0v) is 18.0. The number of aldehydes is 1. The van der Waals surface area contributed by atoms with Gasteiger partial charge in [0.15, 0.2) is 6.29 Å². The molecular formula is C22H22N4O4S. The number of benzene rings is 2. The van der Waals surface area contributed by atoms with Gasteiger partial charge < -0.3 is 0 Å². The van der Waals surface area contributed by atoms with Crippen molar-refractivity contribution in [1.29, 1.82) is 0 Å². The van der Waals surface area contributed by atoms with Crippen LogP contribution in [0.5, 0.6) is 0 Å². The number of aliphatic imine (C=N–C) groups is 1. The van der Waals surface area contributed by atoms with E-state index >= 15 is 0 Å². The lowest BCUT2D eigenvalue weighted by Crippen LogP contribution is -2.17. The molecule has 0 saturated heterocycles. The molecule has 0 spiro atoms. The van der Waals surface area contributed by atoms with Crippen molar-refractivity contribution in [2.75, 3.05) is 5.75 Å². The molecule has 4 rings (SSSR count). The molecule has 0 bridgehead atoms. The fraction of sp³-hybridized carbons (Fsp3) is 0.182. The van der Waals surface area contributed by atoms with Crippen molar-refractivity contribution >= 4 is 50.7 Å². The number of nitrogens with one attached hydrogen (secondary N) is 1. The highest BCUT2D eigenvalue weighted by atomic mass is 32.2. The second-order valence-electron chi connectivity index (χ2n) is 6.68. The molecule has 9 heteroatoms. The maximum atomic E-state index is 11.8. The van der Waals surface area contributed by atoms with Crippen LogP contribution in [-0.2, 0) is 14.8 Å². The van der Waals surface area contributed by atoms with Crippen molar-refractivity contribution in [3.8, 4) is 0 Å². The molecule has 1 N–H and O–H groups in total. The Morgan fingerprint density at radius 2 is 1.90 bits per heavy atom. The van der Waals surface area contributed by atoms with E-state index in [0.717, 1.165) is 17.0 Å². The first-order chi connectivity index (χ1) is 14.9. The fourth-order valence-electron chi connectivity index (χ4n) is 3.06. The van der Waals surface area contributed by atoms with Gasteiger partial charge in [-0.15, -0.1) is 0 Å². The average Bonchev–Trinajstić information content (AvgIpc) is 3.18. The van der Waals surface area contributed by atoms with Crippen LogP contribution < -0.4 is 5.43 Å². The number of hydrogen-bond acceptors (Lipinski definition) is 6. The molecule has 2 heterocycles. The van der Waals surface area contributed by atoms with Crippen LogP contribution in [0.25, 0.3) is 10.9 Å². The normalized spacial score (nSPS) is 13.9. The van der Waals surface area contributed by atoms with Crippen LogP contribution in [0.3, 0.4) is 0 Å². The summed E-state index contributed by atoms with van der Waals surface area (Å²) in [5.74, 6) is -0.160. The molecule has 0 unspecified atom stereocenters. The van der Waals surface area contributed by atoms with Crippen LogP contribution in [0.1, 0.15) is 36.2 Å². The minimum Gasteiger partial charge on any atom is -0.298 e. The van der Waals surface area contributed by atoms with Crippen molar-refractivity contribution in [2.45, 2.75) is 20.3 Å². The maximum absolute atomic E-state index is 11.8. The summed E-state index contributed by atoms with van der Waals surface area (Å²) in [5.41, 5.74) is 6.11. The van der Waals surface area contributed by atoms with Crippen molar-refractivity contribution in [1.82, 2.24) is 9.40 Å². The Balaban J connectivity index is 0.000000176. The van der Waals surface area contributed by atoms with Crippen molar-refractivity contribution in [3.05, 3.63) is 65.9 Å². The van der Waals surface area contributed by atoms with E-state index < -0.39 is 10.0 Å².